The molecule has 1 heterocycles. The van der Waals surface area contributed by atoms with Gasteiger partial charge in [0, 0.05) is 6.42 Å². The lowest BCUT2D eigenvalue weighted by Gasteiger charge is -2.04. The highest BCUT2D eigenvalue weighted by atomic mass is 16.5. The summed E-state index contributed by atoms with van der Waals surface area (Å²) in [6.45, 7) is 2.06. The molecule has 0 aromatic heterocycles. The Morgan fingerprint density at radius 2 is 2.43 bits per heavy atom. The van der Waals surface area contributed by atoms with Crippen LogP contribution in [0.1, 0.15) is 18.1 Å². The Morgan fingerprint density at radius 3 is 3.07 bits per heavy atom. The molecule has 74 valence electrons. The van der Waals surface area contributed by atoms with E-state index >= 15 is 0 Å². The molecule has 2 rings (SSSR count). The number of carbonyl (C=O) groups is 1. The van der Waals surface area contributed by atoms with E-state index in [1.165, 1.54) is 5.56 Å². The third kappa shape index (κ3) is 1.45. The first-order chi connectivity index (χ1) is 6.70. The molecule has 0 spiro atoms. The van der Waals surface area contributed by atoms with Gasteiger partial charge in [-0.15, -0.1) is 0 Å². The van der Waals surface area contributed by atoms with E-state index in [9.17, 15) is 4.79 Å². The van der Waals surface area contributed by atoms with Crippen LogP contribution in [0.2, 0.25) is 0 Å². The van der Waals surface area contributed by atoms with Crippen molar-refractivity contribution >= 4 is 5.97 Å². The van der Waals surface area contributed by atoms with Gasteiger partial charge in [-0.05, 0) is 23.6 Å². The Labute approximate surface area is 82.3 Å². The summed E-state index contributed by atoms with van der Waals surface area (Å²) in [6.07, 6.45) is 0.723. The molecule has 0 radical (unpaired) electrons. The molecule has 0 saturated heterocycles. The normalized spacial score (nSPS) is 18.8. The van der Waals surface area contributed by atoms with E-state index in [4.69, 9.17) is 9.84 Å². The van der Waals surface area contributed by atoms with Crippen LogP contribution in [-0.2, 0) is 17.6 Å². The first kappa shape index (κ1) is 9.06. The second-order valence-electron chi connectivity index (χ2n) is 3.44. The largest absolute Gasteiger partial charge is 0.478 e. The molecular weight excluding hydrogens is 180 g/mol. The monoisotopic (exact) mass is 192 g/mol. The SMILES string of the molecule is CCc1ccc2c(c1)O[C@H](C(=O)O)C2. The Hall–Kier alpha value is -1.51. The van der Waals surface area contributed by atoms with Gasteiger partial charge in [0.2, 0.25) is 0 Å². The van der Waals surface area contributed by atoms with E-state index in [2.05, 4.69) is 6.92 Å². The van der Waals surface area contributed by atoms with Gasteiger partial charge in [-0.25, -0.2) is 4.79 Å². The minimum atomic E-state index is -0.890. The number of hydrogen-bond donors (Lipinski definition) is 1. The zero-order chi connectivity index (χ0) is 10.1. The zero-order valence-electron chi connectivity index (χ0n) is 7.99. The standard InChI is InChI=1S/C11H12O3/c1-2-7-3-4-8-6-10(11(12)13)14-9(8)5-7/h3-5,10H,2,6H2,1H3,(H,12,13)/t10-/m0/s1. The minimum absolute atomic E-state index is 0.481. The van der Waals surface area contributed by atoms with Crippen LogP contribution in [0.15, 0.2) is 18.2 Å². The predicted molar refractivity (Wildman–Crippen MR) is 51.6 cm³/mol. The smallest absolute Gasteiger partial charge is 0.345 e. The number of benzene rings is 1. The fourth-order valence-corrected chi connectivity index (χ4v) is 1.63. The number of fused-ring (bicyclic) bond motifs is 1. The van der Waals surface area contributed by atoms with Gasteiger partial charge in [0.05, 0.1) is 0 Å². The quantitative estimate of drug-likeness (QED) is 0.774. The maximum atomic E-state index is 10.7. The number of hydrogen-bond acceptors (Lipinski definition) is 2. The van der Waals surface area contributed by atoms with E-state index in [-0.39, 0.29) is 0 Å². The van der Waals surface area contributed by atoms with Gasteiger partial charge >= 0.3 is 5.97 Å². The van der Waals surface area contributed by atoms with E-state index in [1.807, 2.05) is 18.2 Å². The number of rotatable bonds is 2. The summed E-state index contributed by atoms with van der Waals surface area (Å²) in [5.74, 6) is -0.156. The number of aliphatic carboxylic acids is 1. The maximum absolute atomic E-state index is 10.7. The average molecular weight is 192 g/mol. The lowest BCUT2D eigenvalue weighted by Crippen LogP contribution is -2.24. The van der Waals surface area contributed by atoms with Crippen LogP contribution in [0.25, 0.3) is 0 Å². The van der Waals surface area contributed by atoms with Crippen molar-refractivity contribution in [2.75, 3.05) is 0 Å². The van der Waals surface area contributed by atoms with Gasteiger partial charge in [0.25, 0.3) is 0 Å². The number of ether oxygens (including phenoxy) is 1. The molecule has 0 fully saturated rings. The molecule has 1 aromatic rings. The minimum Gasteiger partial charge on any atom is -0.478 e. The van der Waals surface area contributed by atoms with Crippen molar-refractivity contribution in [2.24, 2.45) is 0 Å². The van der Waals surface area contributed by atoms with Crippen molar-refractivity contribution in [3.63, 3.8) is 0 Å². The summed E-state index contributed by atoms with van der Waals surface area (Å²) >= 11 is 0. The van der Waals surface area contributed by atoms with Crippen molar-refractivity contribution < 1.29 is 14.6 Å². The summed E-state index contributed by atoms with van der Waals surface area (Å²) in [5, 5.41) is 8.79. The summed E-state index contributed by atoms with van der Waals surface area (Å²) < 4.78 is 5.31. The number of carboxylic acid groups (broad SMARTS) is 1. The molecule has 0 aliphatic carbocycles. The summed E-state index contributed by atoms with van der Waals surface area (Å²) in [6, 6.07) is 5.90. The third-order valence-corrected chi connectivity index (χ3v) is 2.49. The molecule has 3 nitrogen and oxygen atoms in total. The highest BCUT2D eigenvalue weighted by Gasteiger charge is 2.28. The van der Waals surface area contributed by atoms with Crippen molar-refractivity contribution in [1.82, 2.24) is 0 Å². The van der Waals surface area contributed by atoms with Crippen molar-refractivity contribution in [2.45, 2.75) is 25.9 Å². The van der Waals surface area contributed by atoms with E-state index in [1.54, 1.807) is 0 Å². The summed E-state index contributed by atoms with van der Waals surface area (Å²) in [4.78, 5) is 10.7. The molecule has 0 amide bonds. The van der Waals surface area contributed by atoms with Crippen molar-refractivity contribution in [1.29, 1.82) is 0 Å². The van der Waals surface area contributed by atoms with Crippen LogP contribution < -0.4 is 4.74 Å². The Morgan fingerprint density at radius 1 is 1.64 bits per heavy atom. The van der Waals surface area contributed by atoms with E-state index in [0.29, 0.717) is 6.42 Å². The Balaban J connectivity index is 2.27. The fourth-order valence-electron chi connectivity index (χ4n) is 1.63. The summed E-state index contributed by atoms with van der Waals surface area (Å²) in [7, 11) is 0. The van der Waals surface area contributed by atoms with Crippen LogP contribution in [-0.4, -0.2) is 17.2 Å². The van der Waals surface area contributed by atoms with Gasteiger partial charge in [-0.3, -0.25) is 0 Å². The third-order valence-electron chi connectivity index (χ3n) is 2.49. The van der Waals surface area contributed by atoms with E-state index in [0.717, 1.165) is 17.7 Å². The van der Waals surface area contributed by atoms with Gasteiger partial charge < -0.3 is 9.84 Å². The van der Waals surface area contributed by atoms with Crippen LogP contribution in [0.3, 0.4) is 0 Å². The predicted octanol–water partition coefficient (Wildman–Crippen LogP) is 1.64. The molecule has 1 aliphatic rings. The molecule has 0 saturated carbocycles. The molecule has 0 bridgehead atoms. The van der Waals surface area contributed by atoms with Crippen molar-refractivity contribution in [3.8, 4) is 5.75 Å². The molecule has 3 heteroatoms. The first-order valence-electron chi connectivity index (χ1n) is 4.72. The fraction of sp³-hybridized carbons (Fsp3) is 0.364. The van der Waals surface area contributed by atoms with Gasteiger partial charge in [0.1, 0.15) is 5.75 Å². The van der Waals surface area contributed by atoms with Crippen LogP contribution in [0, 0.1) is 0 Å². The molecule has 0 unspecified atom stereocenters. The molecule has 1 atom stereocenters. The van der Waals surface area contributed by atoms with Crippen molar-refractivity contribution in [3.05, 3.63) is 29.3 Å². The molecule has 14 heavy (non-hydrogen) atoms. The zero-order valence-corrected chi connectivity index (χ0v) is 7.99. The lowest BCUT2D eigenvalue weighted by molar-refractivity contribution is -0.144. The van der Waals surface area contributed by atoms with Gasteiger partial charge in [0.15, 0.2) is 6.10 Å². The van der Waals surface area contributed by atoms with E-state index < -0.39 is 12.1 Å². The van der Waals surface area contributed by atoms with Crippen LogP contribution in [0.4, 0.5) is 0 Å². The highest BCUT2D eigenvalue weighted by molar-refractivity contribution is 5.74. The Kier molecular flexibility index (Phi) is 2.15. The second kappa shape index (κ2) is 3.33. The van der Waals surface area contributed by atoms with Gasteiger partial charge in [-0.2, -0.15) is 0 Å². The topological polar surface area (TPSA) is 46.5 Å². The van der Waals surface area contributed by atoms with Crippen LogP contribution in [0.5, 0.6) is 5.75 Å². The second-order valence-corrected chi connectivity index (χ2v) is 3.44. The van der Waals surface area contributed by atoms with Gasteiger partial charge in [-0.1, -0.05) is 19.1 Å². The number of aryl methyl sites for hydroxylation is 1. The lowest BCUT2D eigenvalue weighted by atomic mass is 10.1. The molecule has 1 aliphatic heterocycles. The molecule has 1 N–H and O–H groups in total. The molecule has 1 aromatic carbocycles. The number of carboxylic acids is 1. The maximum Gasteiger partial charge on any atom is 0.345 e. The highest BCUT2D eigenvalue weighted by Crippen LogP contribution is 2.29. The molecular formula is C11H12O3. The van der Waals surface area contributed by atoms with Crippen LogP contribution >= 0.6 is 0 Å². The Bertz CT molecular complexity index is 371. The average Bonchev–Trinajstić information content (AvgIpc) is 2.59. The first-order valence-corrected chi connectivity index (χ1v) is 4.72. The summed E-state index contributed by atoms with van der Waals surface area (Å²) in [5.41, 5.74) is 2.17.